The Hall–Kier alpha value is -2.25. The molecule has 0 saturated heterocycles. The number of nitrogens with zero attached hydrogens (tertiary/aromatic N) is 4. The zero-order valence-electron chi connectivity index (χ0n) is 12.6. The molecule has 2 aromatic rings. The Balaban J connectivity index is 2.22. The zero-order chi connectivity index (χ0) is 16.3. The quantitative estimate of drug-likeness (QED) is 0.922. The second-order valence-electron chi connectivity index (χ2n) is 5.05. The molecule has 1 heterocycles. The molecule has 0 spiro atoms. The zero-order valence-corrected chi connectivity index (χ0v) is 12.6. The second-order valence-corrected chi connectivity index (χ2v) is 5.05. The number of benzene rings is 1. The van der Waals surface area contributed by atoms with E-state index in [9.17, 15) is 13.2 Å². The molecule has 0 fully saturated rings. The van der Waals surface area contributed by atoms with E-state index in [-0.39, 0.29) is 12.1 Å². The summed E-state index contributed by atoms with van der Waals surface area (Å²) in [7, 11) is 3.41. The van der Waals surface area contributed by atoms with E-state index in [1.165, 1.54) is 6.07 Å². The van der Waals surface area contributed by atoms with E-state index < -0.39 is 11.7 Å². The number of rotatable bonds is 5. The van der Waals surface area contributed by atoms with Crippen LogP contribution < -0.4 is 10.2 Å². The van der Waals surface area contributed by atoms with Crippen molar-refractivity contribution in [1.29, 1.82) is 0 Å². The molecule has 0 aliphatic carbocycles. The highest BCUT2D eigenvalue weighted by Crippen LogP contribution is 2.34. The Morgan fingerprint density at radius 1 is 1.27 bits per heavy atom. The summed E-state index contributed by atoms with van der Waals surface area (Å²) in [5.74, 6) is 0.451. The highest BCUT2D eigenvalue weighted by Gasteiger charge is 2.33. The molecule has 0 radical (unpaired) electrons. The molecule has 0 atom stereocenters. The summed E-state index contributed by atoms with van der Waals surface area (Å²) in [5.41, 5.74) is 0.0336. The van der Waals surface area contributed by atoms with E-state index in [0.29, 0.717) is 18.1 Å². The maximum Gasteiger partial charge on any atom is 0.416 e. The van der Waals surface area contributed by atoms with Gasteiger partial charge < -0.3 is 10.2 Å². The Bertz CT molecular complexity index is 634. The van der Waals surface area contributed by atoms with Crippen molar-refractivity contribution in [2.75, 3.05) is 24.3 Å². The molecule has 120 valence electrons. The van der Waals surface area contributed by atoms with Gasteiger partial charge in [0, 0.05) is 32.9 Å². The van der Waals surface area contributed by atoms with Crippen molar-refractivity contribution in [2.45, 2.75) is 26.2 Å². The minimum Gasteiger partial charge on any atom is -0.378 e. The molecule has 5 nitrogen and oxygen atoms in total. The Labute approximate surface area is 126 Å². The summed E-state index contributed by atoms with van der Waals surface area (Å²) in [4.78, 5) is 1.64. The van der Waals surface area contributed by atoms with Gasteiger partial charge in [0.15, 0.2) is 5.82 Å². The summed E-state index contributed by atoms with van der Waals surface area (Å²) >= 11 is 0. The topological polar surface area (TPSA) is 46.0 Å². The van der Waals surface area contributed by atoms with E-state index in [2.05, 4.69) is 15.6 Å². The van der Waals surface area contributed by atoms with Gasteiger partial charge in [0.25, 0.3) is 0 Å². The number of aryl methyl sites for hydroxylation is 1. The fourth-order valence-electron chi connectivity index (χ4n) is 1.98. The van der Waals surface area contributed by atoms with E-state index in [4.69, 9.17) is 0 Å². The van der Waals surface area contributed by atoms with Crippen molar-refractivity contribution < 1.29 is 13.2 Å². The lowest BCUT2D eigenvalue weighted by molar-refractivity contribution is -0.138. The first kappa shape index (κ1) is 16.1. The lowest BCUT2D eigenvalue weighted by Gasteiger charge is -2.18. The van der Waals surface area contributed by atoms with Gasteiger partial charge in [-0.15, -0.1) is 5.10 Å². The lowest BCUT2D eigenvalue weighted by atomic mass is 10.1. The molecule has 2 rings (SSSR count). The number of halogens is 3. The fraction of sp³-hybridized carbons (Fsp3) is 0.429. The molecule has 1 aromatic heterocycles. The minimum atomic E-state index is -4.40. The van der Waals surface area contributed by atoms with Crippen molar-refractivity contribution in [3.8, 4) is 0 Å². The molecule has 0 amide bonds. The molecule has 0 aliphatic rings. The van der Waals surface area contributed by atoms with Crippen LogP contribution >= 0.6 is 0 Å². The van der Waals surface area contributed by atoms with Gasteiger partial charge >= 0.3 is 6.18 Å². The normalized spacial score (nSPS) is 11.5. The maximum atomic E-state index is 13.2. The van der Waals surface area contributed by atoms with Gasteiger partial charge in [-0.05, 0) is 24.6 Å². The van der Waals surface area contributed by atoms with E-state index >= 15 is 0 Å². The largest absolute Gasteiger partial charge is 0.416 e. The number of hydrogen-bond donors (Lipinski definition) is 1. The van der Waals surface area contributed by atoms with E-state index in [1.54, 1.807) is 35.9 Å². The van der Waals surface area contributed by atoms with Crippen LogP contribution in [-0.2, 0) is 19.3 Å². The molecule has 0 unspecified atom stereocenters. The van der Waals surface area contributed by atoms with Crippen LogP contribution in [0.3, 0.4) is 0 Å². The van der Waals surface area contributed by atoms with Crippen molar-refractivity contribution in [2.24, 2.45) is 0 Å². The predicted octanol–water partition coefficient (Wildman–Crippen LogP) is 2.99. The van der Waals surface area contributed by atoms with Gasteiger partial charge in [0.05, 0.1) is 11.8 Å². The van der Waals surface area contributed by atoms with Crippen LogP contribution in [0, 0.1) is 0 Å². The van der Waals surface area contributed by atoms with Gasteiger partial charge in [-0.1, -0.05) is 11.3 Å². The number of nitrogens with one attached hydrogen (secondary N) is 1. The van der Waals surface area contributed by atoms with Crippen molar-refractivity contribution in [3.05, 3.63) is 35.5 Å². The molecule has 0 bridgehead atoms. The van der Waals surface area contributed by atoms with Crippen LogP contribution in [0.4, 0.5) is 24.7 Å². The lowest BCUT2D eigenvalue weighted by Crippen LogP contribution is -2.15. The van der Waals surface area contributed by atoms with Crippen molar-refractivity contribution in [3.63, 3.8) is 0 Å². The smallest absolute Gasteiger partial charge is 0.378 e. The summed E-state index contributed by atoms with van der Waals surface area (Å²) in [6, 6.07) is 4.30. The Kier molecular flexibility index (Phi) is 4.58. The van der Waals surface area contributed by atoms with Gasteiger partial charge in [0.2, 0.25) is 0 Å². The molecule has 8 heteroatoms. The van der Waals surface area contributed by atoms with E-state index in [0.717, 1.165) is 6.07 Å². The van der Waals surface area contributed by atoms with Crippen LogP contribution in [0.25, 0.3) is 0 Å². The first-order chi connectivity index (χ1) is 10.3. The molecular formula is C14H18F3N5. The standard InChI is InChI=1S/C14H18F3N5/c1-4-22-9-13(19-20-22)18-8-10-5-6-11(21(2)3)7-12(10)14(15,16)17/h5-7,9,18H,4,8H2,1-3H3. The number of anilines is 2. The highest BCUT2D eigenvalue weighted by molar-refractivity contribution is 5.51. The average Bonchev–Trinajstić information content (AvgIpc) is 2.91. The fourth-order valence-corrected chi connectivity index (χ4v) is 1.98. The minimum absolute atomic E-state index is 0.0327. The molecule has 1 aromatic carbocycles. The summed E-state index contributed by atoms with van der Waals surface area (Å²) in [6.07, 6.45) is -2.74. The molecular weight excluding hydrogens is 295 g/mol. The first-order valence-corrected chi connectivity index (χ1v) is 6.82. The molecule has 22 heavy (non-hydrogen) atoms. The van der Waals surface area contributed by atoms with Crippen LogP contribution in [0.1, 0.15) is 18.1 Å². The van der Waals surface area contributed by atoms with Gasteiger partial charge in [0.1, 0.15) is 0 Å². The number of hydrogen-bond acceptors (Lipinski definition) is 4. The third-order valence-electron chi connectivity index (χ3n) is 3.24. The monoisotopic (exact) mass is 313 g/mol. The van der Waals surface area contributed by atoms with Gasteiger partial charge in [-0.2, -0.15) is 13.2 Å². The van der Waals surface area contributed by atoms with Crippen molar-refractivity contribution in [1.82, 2.24) is 15.0 Å². The molecule has 0 saturated carbocycles. The van der Waals surface area contributed by atoms with Crippen LogP contribution in [-0.4, -0.2) is 29.1 Å². The SMILES string of the molecule is CCn1cc(NCc2ccc(N(C)C)cc2C(F)(F)F)nn1. The van der Waals surface area contributed by atoms with Gasteiger partial charge in [-0.3, -0.25) is 4.68 Å². The summed E-state index contributed by atoms with van der Waals surface area (Å²) in [5, 5.41) is 10.6. The third kappa shape index (κ3) is 3.69. The van der Waals surface area contributed by atoms with Crippen LogP contribution in [0.5, 0.6) is 0 Å². The third-order valence-corrected chi connectivity index (χ3v) is 3.24. The Morgan fingerprint density at radius 2 is 2.00 bits per heavy atom. The number of alkyl halides is 3. The summed E-state index contributed by atoms with van der Waals surface area (Å²) in [6.45, 7) is 2.59. The average molecular weight is 313 g/mol. The molecule has 1 N–H and O–H groups in total. The van der Waals surface area contributed by atoms with E-state index in [1.807, 2.05) is 6.92 Å². The number of aromatic nitrogens is 3. The highest BCUT2D eigenvalue weighted by atomic mass is 19.4. The second kappa shape index (κ2) is 6.25. The van der Waals surface area contributed by atoms with Crippen LogP contribution in [0.15, 0.2) is 24.4 Å². The van der Waals surface area contributed by atoms with Gasteiger partial charge in [-0.25, -0.2) is 0 Å². The predicted molar refractivity (Wildman–Crippen MR) is 78.8 cm³/mol. The van der Waals surface area contributed by atoms with Crippen molar-refractivity contribution >= 4 is 11.5 Å². The maximum absolute atomic E-state index is 13.2. The first-order valence-electron chi connectivity index (χ1n) is 6.82. The van der Waals surface area contributed by atoms with Crippen LogP contribution in [0.2, 0.25) is 0 Å². The molecule has 0 aliphatic heterocycles. The summed E-state index contributed by atoms with van der Waals surface area (Å²) < 4.78 is 41.2. The Morgan fingerprint density at radius 3 is 2.55 bits per heavy atom.